The fourth-order valence-corrected chi connectivity index (χ4v) is 3.65. The van der Waals surface area contributed by atoms with Crippen molar-refractivity contribution in [2.24, 2.45) is 5.92 Å². The van der Waals surface area contributed by atoms with Crippen LogP contribution in [0.1, 0.15) is 38.5 Å². The van der Waals surface area contributed by atoms with Crippen molar-refractivity contribution in [2.45, 2.75) is 38.5 Å². The molecule has 1 aromatic carbocycles. The fraction of sp³-hybridized carbons (Fsp3) is 0.600. The summed E-state index contributed by atoms with van der Waals surface area (Å²) in [6.45, 7) is 4.21. The molecule has 2 saturated heterocycles. The monoisotopic (exact) mass is 430 g/mol. The highest BCUT2D eigenvalue weighted by Gasteiger charge is 2.20. The average molecular weight is 431 g/mol. The van der Waals surface area contributed by atoms with Crippen LogP contribution < -0.4 is 16.0 Å². The molecule has 3 N–H and O–H groups in total. The van der Waals surface area contributed by atoms with E-state index in [4.69, 9.17) is 0 Å². The lowest BCUT2D eigenvalue weighted by atomic mass is 9.99. The minimum absolute atomic E-state index is 0. The van der Waals surface area contributed by atoms with Crippen molar-refractivity contribution in [2.75, 3.05) is 43.4 Å². The number of benzene rings is 1. The third-order valence-corrected chi connectivity index (χ3v) is 5.17. The van der Waals surface area contributed by atoms with E-state index in [1.807, 2.05) is 24.3 Å². The van der Waals surface area contributed by atoms with Gasteiger partial charge in [0.25, 0.3) is 0 Å². The zero-order valence-electron chi connectivity index (χ0n) is 16.2. The van der Waals surface area contributed by atoms with Gasteiger partial charge in [-0.1, -0.05) is 12.8 Å². The fourth-order valence-electron chi connectivity index (χ4n) is 3.65. The number of hydrogen-bond acceptors (Lipinski definition) is 4. The highest BCUT2D eigenvalue weighted by Crippen LogP contribution is 2.17. The molecule has 1 unspecified atom stereocenters. The molecule has 3 rings (SSSR count). The number of carbonyl (C=O) groups excluding carboxylic acids is 2. The molecule has 2 aliphatic heterocycles. The topological polar surface area (TPSA) is 73.5 Å². The van der Waals surface area contributed by atoms with Gasteiger partial charge in [-0.2, -0.15) is 0 Å². The molecule has 1 aromatic rings. The van der Waals surface area contributed by atoms with Crippen LogP contribution >= 0.6 is 24.8 Å². The zero-order valence-corrected chi connectivity index (χ0v) is 17.9. The molecule has 0 radical (unpaired) electrons. The van der Waals surface area contributed by atoms with Crippen LogP contribution in [-0.2, 0) is 9.59 Å². The maximum Gasteiger partial charge on any atom is 0.238 e. The number of piperidine rings is 1. The molecular formula is C20H32Cl2N4O2. The first-order valence-corrected chi connectivity index (χ1v) is 9.84. The van der Waals surface area contributed by atoms with Crippen molar-refractivity contribution >= 4 is 48.0 Å². The third-order valence-electron chi connectivity index (χ3n) is 5.17. The summed E-state index contributed by atoms with van der Waals surface area (Å²) in [6.07, 6.45) is 6.87. The molecule has 2 aliphatic rings. The summed E-state index contributed by atoms with van der Waals surface area (Å²) in [4.78, 5) is 26.7. The maximum absolute atomic E-state index is 12.3. The van der Waals surface area contributed by atoms with Gasteiger partial charge < -0.3 is 16.0 Å². The van der Waals surface area contributed by atoms with E-state index in [0.717, 1.165) is 50.4 Å². The largest absolute Gasteiger partial charge is 0.326 e. The third kappa shape index (κ3) is 7.95. The van der Waals surface area contributed by atoms with Crippen LogP contribution in [0.5, 0.6) is 0 Å². The van der Waals surface area contributed by atoms with Crippen LogP contribution in [0.15, 0.2) is 24.3 Å². The summed E-state index contributed by atoms with van der Waals surface area (Å²) in [5.74, 6) is 0.129. The van der Waals surface area contributed by atoms with Crippen molar-refractivity contribution in [3.8, 4) is 0 Å². The van der Waals surface area contributed by atoms with Crippen molar-refractivity contribution < 1.29 is 9.59 Å². The predicted molar refractivity (Wildman–Crippen MR) is 119 cm³/mol. The molecule has 6 nitrogen and oxygen atoms in total. The molecule has 0 bridgehead atoms. The normalized spacial score (nSPS) is 20.1. The quantitative estimate of drug-likeness (QED) is 0.669. The lowest BCUT2D eigenvalue weighted by Gasteiger charge is -2.22. The van der Waals surface area contributed by atoms with Crippen molar-refractivity contribution in [1.29, 1.82) is 0 Å². The molecule has 1 atom stereocenters. The number of hydrogen-bond donors (Lipinski definition) is 3. The van der Waals surface area contributed by atoms with Gasteiger partial charge in [0, 0.05) is 17.9 Å². The molecular weight excluding hydrogens is 399 g/mol. The van der Waals surface area contributed by atoms with Gasteiger partial charge in [-0.25, -0.2) is 0 Å². The Morgan fingerprint density at radius 2 is 1.54 bits per heavy atom. The first-order chi connectivity index (χ1) is 12.7. The van der Waals surface area contributed by atoms with Crippen LogP contribution in [0.25, 0.3) is 0 Å². The second kappa shape index (κ2) is 13.0. The molecule has 158 valence electrons. The second-order valence-corrected chi connectivity index (χ2v) is 7.35. The van der Waals surface area contributed by atoms with Gasteiger partial charge >= 0.3 is 0 Å². The average Bonchev–Trinajstić information content (AvgIpc) is 2.92. The minimum atomic E-state index is 0. The Morgan fingerprint density at radius 1 is 0.929 bits per heavy atom. The summed E-state index contributed by atoms with van der Waals surface area (Å²) >= 11 is 0. The number of halogens is 2. The van der Waals surface area contributed by atoms with E-state index in [0.29, 0.717) is 6.54 Å². The Morgan fingerprint density at radius 3 is 2.11 bits per heavy atom. The Kier molecular flexibility index (Phi) is 11.5. The lowest BCUT2D eigenvalue weighted by Crippen LogP contribution is -2.37. The highest BCUT2D eigenvalue weighted by molar-refractivity contribution is 5.94. The Bertz CT molecular complexity index is 599. The zero-order chi connectivity index (χ0) is 18.2. The summed E-state index contributed by atoms with van der Waals surface area (Å²) in [7, 11) is 0. The lowest BCUT2D eigenvalue weighted by molar-refractivity contribution is -0.120. The molecule has 2 heterocycles. The van der Waals surface area contributed by atoms with E-state index in [-0.39, 0.29) is 42.5 Å². The molecule has 0 spiro atoms. The molecule has 2 fully saturated rings. The molecule has 2 amide bonds. The number of amides is 2. The first-order valence-electron chi connectivity index (χ1n) is 9.84. The Labute approximate surface area is 180 Å². The van der Waals surface area contributed by atoms with E-state index in [9.17, 15) is 9.59 Å². The summed E-state index contributed by atoms with van der Waals surface area (Å²) in [5, 5.41) is 9.17. The van der Waals surface area contributed by atoms with Crippen LogP contribution in [0.2, 0.25) is 0 Å². The number of likely N-dealkylation sites (tertiary alicyclic amines) is 1. The Hall–Kier alpha value is -1.34. The Balaban J connectivity index is 0.00000196. The number of nitrogens with zero attached hydrogens (tertiary/aromatic N) is 1. The van der Waals surface area contributed by atoms with Crippen LogP contribution in [-0.4, -0.2) is 49.4 Å². The highest BCUT2D eigenvalue weighted by atomic mass is 35.5. The van der Waals surface area contributed by atoms with Gasteiger partial charge in [0.2, 0.25) is 11.8 Å². The molecule has 8 heteroatoms. The number of nitrogens with one attached hydrogen (secondary N) is 3. The van der Waals surface area contributed by atoms with Gasteiger partial charge in [0.15, 0.2) is 0 Å². The van der Waals surface area contributed by atoms with Gasteiger partial charge in [-0.05, 0) is 69.6 Å². The number of carbonyl (C=O) groups is 2. The van der Waals surface area contributed by atoms with Crippen LogP contribution in [0.4, 0.5) is 11.4 Å². The molecule has 0 saturated carbocycles. The molecule has 0 aromatic heterocycles. The standard InChI is InChI=1S/C20H30N4O2.2ClH/c25-19(15-24-12-3-1-2-4-13-24)22-17-7-9-18(10-8-17)23-20(26)16-6-5-11-21-14-16;;/h7-10,16,21H,1-6,11-15H2,(H,22,25)(H,23,26);2*1H. The van der Waals surface area contributed by atoms with E-state index in [2.05, 4.69) is 20.9 Å². The SMILES string of the molecule is Cl.Cl.O=C(CN1CCCCCC1)Nc1ccc(NC(=O)C2CCCNC2)cc1. The van der Waals surface area contributed by atoms with Gasteiger partial charge in [-0.3, -0.25) is 14.5 Å². The van der Waals surface area contributed by atoms with Crippen molar-refractivity contribution in [3.63, 3.8) is 0 Å². The van der Waals surface area contributed by atoms with Crippen LogP contribution in [0, 0.1) is 5.92 Å². The summed E-state index contributed by atoms with van der Waals surface area (Å²) in [5.41, 5.74) is 1.54. The van der Waals surface area contributed by atoms with Crippen LogP contribution in [0.3, 0.4) is 0 Å². The van der Waals surface area contributed by atoms with Gasteiger partial charge in [0.05, 0.1) is 12.5 Å². The van der Waals surface area contributed by atoms with E-state index >= 15 is 0 Å². The first kappa shape index (κ1) is 24.7. The summed E-state index contributed by atoms with van der Waals surface area (Å²) in [6, 6.07) is 7.37. The van der Waals surface area contributed by atoms with Crippen molar-refractivity contribution in [3.05, 3.63) is 24.3 Å². The second-order valence-electron chi connectivity index (χ2n) is 7.35. The van der Waals surface area contributed by atoms with Gasteiger partial charge in [-0.15, -0.1) is 24.8 Å². The number of anilines is 2. The maximum atomic E-state index is 12.3. The van der Waals surface area contributed by atoms with E-state index < -0.39 is 0 Å². The van der Waals surface area contributed by atoms with E-state index in [1.54, 1.807) is 0 Å². The smallest absolute Gasteiger partial charge is 0.238 e. The summed E-state index contributed by atoms with van der Waals surface area (Å²) < 4.78 is 0. The van der Waals surface area contributed by atoms with Crippen molar-refractivity contribution in [1.82, 2.24) is 10.2 Å². The molecule has 0 aliphatic carbocycles. The van der Waals surface area contributed by atoms with E-state index in [1.165, 1.54) is 25.7 Å². The number of rotatable bonds is 5. The minimum Gasteiger partial charge on any atom is -0.326 e. The predicted octanol–water partition coefficient (Wildman–Crippen LogP) is 3.28. The van der Waals surface area contributed by atoms with Gasteiger partial charge in [0.1, 0.15) is 0 Å². The molecule has 28 heavy (non-hydrogen) atoms.